The first-order valence-corrected chi connectivity index (χ1v) is 25.7. The summed E-state index contributed by atoms with van der Waals surface area (Å²) in [6.07, 6.45) is 47.2. The molecule has 9 nitrogen and oxygen atoms in total. The maximum absolute atomic E-state index is 12.1. The molecular weight excluding hydrogens is 737 g/mol. The first-order valence-electron chi connectivity index (χ1n) is 24.2. The van der Waals surface area contributed by atoms with Crippen molar-refractivity contribution in [3.8, 4) is 0 Å². The third-order valence-electron chi connectivity index (χ3n) is 10.7. The molecule has 338 valence electrons. The van der Waals surface area contributed by atoms with Crippen molar-refractivity contribution in [2.45, 2.75) is 251 Å². The molecule has 0 aliphatic rings. The molecule has 0 heterocycles. The molecule has 57 heavy (non-hydrogen) atoms. The Labute approximate surface area is 351 Å². The highest BCUT2D eigenvalue weighted by atomic mass is 31.2. The molecule has 0 fully saturated rings. The number of unbranched alkanes of at least 4 members (excludes halogenated alkanes) is 31. The smallest absolute Gasteiger partial charge is 0.463 e. The highest BCUT2D eigenvalue weighted by molar-refractivity contribution is 7.47. The Kier molecular flexibility index (Phi) is 43.3. The molecule has 0 rings (SSSR count). The van der Waals surface area contributed by atoms with Gasteiger partial charge in [0.15, 0.2) is 0 Å². The number of esters is 1. The lowest BCUT2D eigenvalue weighted by molar-refractivity contribution is -0.147. The molecule has 0 aromatic rings. The Balaban J connectivity index is 3.51. The summed E-state index contributed by atoms with van der Waals surface area (Å²) in [6.45, 7) is 3.59. The minimum Gasteiger partial charge on any atom is -0.463 e. The highest BCUT2D eigenvalue weighted by Gasteiger charge is 2.23. The molecule has 0 radical (unpaired) electrons. The predicted octanol–water partition coefficient (Wildman–Crippen LogP) is 13.8. The van der Waals surface area contributed by atoms with Crippen LogP contribution in [0.5, 0.6) is 0 Å². The summed E-state index contributed by atoms with van der Waals surface area (Å²) < 4.78 is 26.9. The van der Waals surface area contributed by atoms with Gasteiger partial charge in [0.25, 0.3) is 0 Å². The van der Waals surface area contributed by atoms with Crippen molar-refractivity contribution in [2.24, 2.45) is 0 Å². The molecule has 10 heteroatoms. The predicted molar refractivity (Wildman–Crippen MR) is 238 cm³/mol. The van der Waals surface area contributed by atoms with Gasteiger partial charge in [0.1, 0.15) is 12.7 Å². The van der Waals surface area contributed by atoms with Gasteiger partial charge in [0.05, 0.1) is 13.2 Å². The summed E-state index contributed by atoms with van der Waals surface area (Å²) in [5, 5.41) is 12.7. The Morgan fingerprint density at radius 3 is 1.32 bits per heavy atom. The van der Waals surface area contributed by atoms with Gasteiger partial charge in [-0.2, -0.15) is 0 Å². The van der Waals surface area contributed by atoms with Crippen LogP contribution in [0, 0.1) is 0 Å². The van der Waals surface area contributed by atoms with Gasteiger partial charge in [0.2, 0.25) is 5.91 Å². The lowest BCUT2D eigenvalue weighted by atomic mass is 10.0. The van der Waals surface area contributed by atoms with E-state index in [4.69, 9.17) is 13.8 Å². The number of amides is 1. The molecule has 0 spiro atoms. The summed E-state index contributed by atoms with van der Waals surface area (Å²) >= 11 is 0. The molecule has 0 bridgehead atoms. The van der Waals surface area contributed by atoms with E-state index in [0.717, 1.165) is 38.5 Å². The van der Waals surface area contributed by atoms with Crippen LogP contribution in [-0.2, 0) is 27.9 Å². The van der Waals surface area contributed by atoms with Gasteiger partial charge in [-0.15, -0.1) is 0 Å². The number of nitrogens with one attached hydrogen (secondary N) is 1. The fourth-order valence-corrected chi connectivity index (χ4v) is 7.78. The van der Waals surface area contributed by atoms with Crippen LogP contribution in [-0.4, -0.2) is 54.3 Å². The molecular formula is C47H92NO8P. The molecule has 3 N–H and O–H groups in total. The van der Waals surface area contributed by atoms with Crippen LogP contribution >= 0.6 is 7.82 Å². The van der Waals surface area contributed by atoms with E-state index in [1.807, 2.05) is 0 Å². The number of aliphatic hydroxyl groups excluding tert-OH is 1. The average Bonchev–Trinajstić information content (AvgIpc) is 3.20. The Bertz CT molecular complexity index is 948. The molecule has 1 amide bonds. The number of ether oxygens (including phenoxy) is 1. The number of hydrogen-bond donors (Lipinski definition) is 3. The molecule has 0 saturated heterocycles. The van der Waals surface area contributed by atoms with E-state index in [0.29, 0.717) is 6.42 Å². The minimum atomic E-state index is -4.41. The fraction of sp³-hybridized carbons (Fsp3) is 0.915. The van der Waals surface area contributed by atoms with E-state index < -0.39 is 26.5 Å². The molecule has 2 atom stereocenters. The zero-order valence-corrected chi connectivity index (χ0v) is 38.2. The van der Waals surface area contributed by atoms with Gasteiger partial charge < -0.3 is 20.1 Å². The van der Waals surface area contributed by atoms with Crippen LogP contribution in [0.3, 0.4) is 0 Å². The number of carbonyl (C=O) groups is 2. The van der Waals surface area contributed by atoms with E-state index in [1.165, 1.54) is 180 Å². The third-order valence-corrected chi connectivity index (χ3v) is 11.7. The summed E-state index contributed by atoms with van der Waals surface area (Å²) in [4.78, 5) is 34.0. The van der Waals surface area contributed by atoms with Crippen LogP contribution in [0.15, 0.2) is 12.2 Å². The molecule has 0 aromatic heterocycles. The van der Waals surface area contributed by atoms with Crippen molar-refractivity contribution >= 4 is 19.7 Å². The molecule has 0 aliphatic heterocycles. The summed E-state index contributed by atoms with van der Waals surface area (Å²) in [7, 11) is -4.41. The van der Waals surface area contributed by atoms with Crippen LogP contribution in [0.4, 0.5) is 0 Å². The van der Waals surface area contributed by atoms with Crippen molar-refractivity contribution in [3.63, 3.8) is 0 Å². The number of carbonyl (C=O) groups excluding carboxylic acids is 2. The second-order valence-corrected chi connectivity index (χ2v) is 17.9. The van der Waals surface area contributed by atoms with Gasteiger partial charge in [-0.05, 0) is 38.5 Å². The SMILES string of the molecule is CCCCCCCC/C=C/CCCCCCCCCCCCCCCC(=O)NCCOP(=O)(O)OCC(O)COC(=O)CCCCCCCCCCCCCCC. The van der Waals surface area contributed by atoms with Crippen molar-refractivity contribution in [1.29, 1.82) is 0 Å². The lowest BCUT2D eigenvalue weighted by Gasteiger charge is -2.15. The summed E-state index contributed by atoms with van der Waals surface area (Å²) in [5.41, 5.74) is 0. The monoisotopic (exact) mass is 830 g/mol. The second kappa shape index (κ2) is 44.3. The van der Waals surface area contributed by atoms with Gasteiger partial charge >= 0.3 is 13.8 Å². The van der Waals surface area contributed by atoms with Crippen LogP contribution in [0.25, 0.3) is 0 Å². The normalized spacial score (nSPS) is 13.3. The van der Waals surface area contributed by atoms with Crippen LogP contribution in [0.2, 0.25) is 0 Å². The average molecular weight is 830 g/mol. The maximum Gasteiger partial charge on any atom is 0.472 e. The van der Waals surface area contributed by atoms with Crippen LogP contribution in [0.1, 0.15) is 245 Å². The number of allylic oxidation sites excluding steroid dienone is 2. The van der Waals surface area contributed by atoms with Crippen molar-refractivity contribution in [2.75, 3.05) is 26.4 Å². The summed E-state index contributed by atoms with van der Waals surface area (Å²) in [6, 6.07) is 0. The minimum absolute atomic E-state index is 0.0861. The number of phosphoric ester groups is 1. The molecule has 0 aliphatic carbocycles. The third kappa shape index (κ3) is 45.7. The van der Waals surface area contributed by atoms with Gasteiger partial charge in [-0.3, -0.25) is 18.6 Å². The zero-order chi connectivity index (χ0) is 41.8. The maximum atomic E-state index is 12.1. The Morgan fingerprint density at radius 2 is 0.895 bits per heavy atom. The first kappa shape index (κ1) is 55.8. The van der Waals surface area contributed by atoms with Gasteiger partial charge in [-0.25, -0.2) is 4.57 Å². The fourth-order valence-electron chi connectivity index (χ4n) is 7.02. The molecule has 2 unspecified atom stereocenters. The van der Waals surface area contributed by atoms with Crippen molar-refractivity contribution < 1.29 is 37.9 Å². The van der Waals surface area contributed by atoms with Gasteiger partial charge in [0, 0.05) is 19.4 Å². The highest BCUT2D eigenvalue weighted by Crippen LogP contribution is 2.42. The number of phosphoric acid groups is 1. The molecule has 0 saturated carbocycles. The topological polar surface area (TPSA) is 131 Å². The molecule has 0 aromatic carbocycles. The zero-order valence-electron chi connectivity index (χ0n) is 37.3. The van der Waals surface area contributed by atoms with Crippen molar-refractivity contribution in [3.05, 3.63) is 12.2 Å². The Hall–Kier alpha value is -1.25. The lowest BCUT2D eigenvalue weighted by Crippen LogP contribution is -2.27. The number of hydrogen-bond acceptors (Lipinski definition) is 7. The van der Waals surface area contributed by atoms with E-state index in [2.05, 4.69) is 31.3 Å². The summed E-state index contributed by atoms with van der Waals surface area (Å²) in [5.74, 6) is -0.505. The van der Waals surface area contributed by atoms with Gasteiger partial charge in [-0.1, -0.05) is 206 Å². The van der Waals surface area contributed by atoms with E-state index in [1.54, 1.807) is 0 Å². The standard InChI is InChI=1S/C47H92NO8P/c1-3-5-7-9-11-13-15-17-18-19-20-21-22-23-24-25-26-28-29-31-33-35-37-39-46(50)48-41-42-55-57(52,53)56-44-45(49)43-54-47(51)40-38-36-34-32-30-27-16-14-12-10-8-6-4-2/h17-18,45,49H,3-16,19-44H2,1-2H3,(H,48,50)(H,52,53)/b18-17+. The van der Waals surface area contributed by atoms with E-state index in [-0.39, 0.29) is 32.1 Å². The van der Waals surface area contributed by atoms with Crippen molar-refractivity contribution in [1.82, 2.24) is 5.32 Å². The number of aliphatic hydroxyl groups is 1. The first-order chi connectivity index (χ1) is 27.8. The second-order valence-electron chi connectivity index (χ2n) is 16.4. The number of rotatable bonds is 46. The van der Waals surface area contributed by atoms with E-state index in [9.17, 15) is 24.2 Å². The quantitative estimate of drug-likeness (QED) is 0.0239. The van der Waals surface area contributed by atoms with E-state index >= 15 is 0 Å². The Morgan fingerprint density at radius 1 is 0.526 bits per heavy atom. The largest absolute Gasteiger partial charge is 0.472 e. The van der Waals surface area contributed by atoms with Crippen LogP contribution < -0.4 is 5.32 Å².